The molecule has 3 nitrogen and oxygen atoms in total. The van der Waals surface area contributed by atoms with Crippen molar-refractivity contribution in [2.45, 2.75) is 6.92 Å². The van der Waals surface area contributed by atoms with Crippen molar-refractivity contribution in [3.8, 4) is 0 Å². The average molecular weight is 300 g/mol. The second kappa shape index (κ2) is 4.39. The van der Waals surface area contributed by atoms with Crippen LogP contribution < -0.4 is 5.32 Å². The smallest absolute Gasteiger partial charge is 0.221 e. The van der Waals surface area contributed by atoms with Crippen LogP contribution in [0, 0.1) is 0 Å². The predicted octanol–water partition coefficient (Wildman–Crippen LogP) is 3.61. The van der Waals surface area contributed by atoms with Crippen molar-refractivity contribution in [1.82, 2.24) is 4.98 Å². The first-order valence-electron chi connectivity index (χ1n) is 4.60. The average Bonchev–Trinajstić information content (AvgIpc) is 2.25. The Morgan fingerprint density at radius 2 is 2.31 bits per heavy atom. The number of rotatable bonds is 1. The number of carbonyl (C=O) groups excluding carboxylic acids is 1. The Hall–Kier alpha value is -1.13. The Morgan fingerprint density at radius 3 is 3.00 bits per heavy atom. The maximum atomic E-state index is 11.1. The molecule has 1 N–H and O–H groups in total. The summed E-state index contributed by atoms with van der Waals surface area (Å²) in [6.45, 7) is 1.45. The number of anilines is 1. The second-order valence-corrected chi connectivity index (χ2v) is 4.50. The van der Waals surface area contributed by atoms with Crippen LogP contribution in [0.25, 0.3) is 10.9 Å². The Bertz CT molecular complexity index is 571. The van der Waals surface area contributed by atoms with E-state index < -0.39 is 0 Å². The van der Waals surface area contributed by atoms with Crippen molar-refractivity contribution in [2.24, 2.45) is 0 Å². The van der Waals surface area contributed by atoms with Gasteiger partial charge >= 0.3 is 0 Å². The lowest BCUT2D eigenvalue weighted by Gasteiger charge is -2.09. The van der Waals surface area contributed by atoms with Crippen LogP contribution >= 0.6 is 27.5 Å². The van der Waals surface area contributed by atoms with Gasteiger partial charge < -0.3 is 5.32 Å². The summed E-state index contributed by atoms with van der Waals surface area (Å²) in [7, 11) is 0. The zero-order valence-corrected chi connectivity index (χ0v) is 10.8. The van der Waals surface area contributed by atoms with Crippen LogP contribution in [0.5, 0.6) is 0 Å². The lowest BCUT2D eigenvalue weighted by molar-refractivity contribution is -0.114. The van der Waals surface area contributed by atoms with Gasteiger partial charge in [-0.3, -0.25) is 9.78 Å². The van der Waals surface area contributed by atoms with Gasteiger partial charge in [-0.2, -0.15) is 0 Å². The molecule has 2 aromatic rings. The molecule has 0 aliphatic heterocycles. The largest absolute Gasteiger partial charge is 0.324 e. The lowest BCUT2D eigenvalue weighted by atomic mass is 10.2. The zero-order valence-electron chi connectivity index (χ0n) is 8.42. The number of nitrogens with zero attached hydrogens (tertiary/aromatic N) is 1. The van der Waals surface area contributed by atoms with Gasteiger partial charge in [0.05, 0.1) is 16.2 Å². The predicted molar refractivity (Wildman–Crippen MR) is 68.8 cm³/mol. The number of nitrogens with one attached hydrogen (secondary N) is 1. The van der Waals surface area contributed by atoms with Gasteiger partial charge in [0.1, 0.15) is 0 Å². The molecular weight excluding hydrogens is 291 g/mol. The molecule has 0 radical (unpaired) electrons. The molecule has 0 bridgehead atoms. The molecule has 82 valence electrons. The van der Waals surface area contributed by atoms with Crippen molar-refractivity contribution >= 4 is 50.0 Å². The number of carbonyl (C=O) groups is 1. The summed E-state index contributed by atoms with van der Waals surface area (Å²) in [6.07, 6.45) is 1.67. The monoisotopic (exact) mass is 298 g/mol. The highest BCUT2D eigenvalue weighted by Gasteiger charge is 2.10. The Labute approximate surface area is 106 Å². The number of hydrogen-bond donors (Lipinski definition) is 1. The molecule has 0 atom stereocenters. The zero-order chi connectivity index (χ0) is 11.7. The van der Waals surface area contributed by atoms with E-state index in [0.717, 1.165) is 9.86 Å². The molecule has 5 heteroatoms. The molecule has 0 aliphatic carbocycles. The van der Waals surface area contributed by atoms with Gasteiger partial charge in [-0.1, -0.05) is 17.7 Å². The normalized spacial score (nSPS) is 10.4. The maximum Gasteiger partial charge on any atom is 0.221 e. The number of pyridine rings is 1. The molecule has 1 amide bonds. The van der Waals surface area contributed by atoms with Crippen LogP contribution in [-0.4, -0.2) is 10.9 Å². The molecule has 0 spiro atoms. The van der Waals surface area contributed by atoms with Gasteiger partial charge in [0.2, 0.25) is 5.91 Å². The van der Waals surface area contributed by atoms with E-state index in [1.54, 1.807) is 12.3 Å². The van der Waals surface area contributed by atoms with E-state index in [0.29, 0.717) is 16.2 Å². The maximum absolute atomic E-state index is 11.1. The van der Waals surface area contributed by atoms with Crippen molar-refractivity contribution in [3.05, 3.63) is 33.9 Å². The third-order valence-corrected chi connectivity index (χ3v) is 3.47. The van der Waals surface area contributed by atoms with Crippen LogP contribution in [0.2, 0.25) is 5.02 Å². The van der Waals surface area contributed by atoms with E-state index in [2.05, 4.69) is 26.2 Å². The first kappa shape index (κ1) is 11.4. The molecular formula is C11H8BrClN2O. The number of hydrogen-bond acceptors (Lipinski definition) is 2. The molecule has 1 aromatic heterocycles. The fraction of sp³-hybridized carbons (Fsp3) is 0.0909. The van der Waals surface area contributed by atoms with Crippen molar-refractivity contribution in [3.63, 3.8) is 0 Å². The first-order valence-corrected chi connectivity index (χ1v) is 5.77. The van der Waals surface area contributed by atoms with Crippen LogP contribution in [0.4, 0.5) is 5.69 Å². The fourth-order valence-corrected chi connectivity index (χ4v) is 2.11. The summed E-state index contributed by atoms with van der Waals surface area (Å²) in [5.41, 5.74) is 1.34. The number of benzene rings is 1. The lowest BCUT2D eigenvalue weighted by Crippen LogP contribution is -2.06. The molecule has 0 aliphatic rings. The third-order valence-electron chi connectivity index (χ3n) is 2.09. The van der Waals surface area contributed by atoms with Crippen molar-refractivity contribution < 1.29 is 4.79 Å². The SMILES string of the molecule is CC(=O)Nc1cc(Cl)c(Br)c2cccnc12. The second-order valence-electron chi connectivity index (χ2n) is 3.30. The van der Waals surface area contributed by atoms with Crippen LogP contribution in [0.15, 0.2) is 28.9 Å². The quantitative estimate of drug-likeness (QED) is 0.874. The summed E-state index contributed by atoms with van der Waals surface area (Å²) < 4.78 is 0.784. The number of fused-ring (bicyclic) bond motifs is 1. The van der Waals surface area contributed by atoms with Crippen LogP contribution in [-0.2, 0) is 4.79 Å². The number of halogens is 2. The van der Waals surface area contributed by atoms with E-state index in [1.807, 2.05) is 12.1 Å². The van der Waals surface area contributed by atoms with Gasteiger partial charge in [0.15, 0.2) is 0 Å². The molecule has 0 saturated heterocycles. The van der Waals surface area contributed by atoms with E-state index in [4.69, 9.17) is 11.6 Å². The van der Waals surface area contributed by atoms with Gasteiger partial charge in [-0.25, -0.2) is 0 Å². The highest BCUT2D eigenvalue weighted by atomic mass is 79.9. The summed E-state index contributed by atoms with van der Waals surface area (Å²) >= 11 is 9.45. The minimum absolute atomic E-state index is 0.148. The van der Waals surface area contributed by atoms with Crippen molar-refractivity contribution in [2.75, 3.05) is 5.32 Å². The summed E-state index contributed by atoms with van der Waals surface area (Å²) in [5.74, 6) is -0.148. The van der Waals surface area contributed by atoms with E-state index in [-0.39, 0.29) is 5.91 Å². The summed E-state index contributed by atoms with van der Waals surface area (Å²) in [5, 5.41) is 4.13. The molecule has 1 heterocycles. The first-order chi connectivity index (χ1) is 7.59. The molecule has 2 rings (SSSR count). The van der Waals surface area contributed by atoms with Crippen molar-refractivity contribution in [1.29, 1.82) is 0 Å². The summed E-state index contributed by atoms with van der Waals surface area (Å²) in [4.78, 5) is 15.3. The van der Waals surface area contributed by atoms with E-state index >= 15 is 0 Å². The minimum atomic E-state index is -0.148. The molecule has 16 heavy (non-hydrogen) atoms. The third kappa shape index (κ3) is 2.03. The summed E-state index contributed by atoms with van der Waals surface area (Å²) in [6, 6.07) is 5.40. The molecule has 0 fully saturated rings. The Balaban J connectivity index is 2.74. The molecule has 1 aromatic carbocycles. The Morgan fingerprint density at radius 1 is 1.56 bits per heavy atom. The van der Waals surface area contributed by atoms with Crippen LogP contribution in [0.1, 0.15) is 6.92 Å². The van der Waals surface area contributed by atoms with Gasteiger partial charge in [0, 0.05) is 23.0 Å². The standard InChI is InChI=1S/C11H8BrClN2O/c1-6(16)15-9-5-8(13)10(12)7-3-2-4-14-11(7)9/h2-5H,1H3,(H,15,16). The fourth-order valence-electron chi connectivity index (χ4n) is 1.47. The van der Waals surface area contributed by atoms with E-state index in [9.17, 15) is 4.79 Å². The number of aromatic nitrogens is 1. The highest BCUT2D eigenvalue weighted by molar-refractivity contribution is 9.10. The molecule has 0 saturated carbocycles. The van der Waals surface area contributed by atoms with Gasteiger partial charge in [-0.15, -0.1) is 0 Å². The highest BCUT2D eigenvalue weighted by Crippen LogP contribution is 2.35. The Kier molecular flexibility index (Phi) is 3.12. The van der Waals surface area contributed by atoms with Gasteiger partial charge in [0.25, 0.3) is 0 Å². The topological polar surface area (TPSA) is 42.0 Å². The number of amides is 1. The minimum Gasteiger partial charge on any atom is -0.324 e. The van der Waals surface area contributed by atoms with Gasteiger partial charge in [-0.05, 0) is 28.1 Å². The molecule has 0 unspecified atom stereocenters. The van der Waals surface area contributed by atoms with E-state index in [1.165, 1.54) is 6.92 Å². The van der Waals surface area contributed by atoms with Crippen LogP contribution in [0.3, 0.4) is 0 Å².